The SMILES string of the molecule is C[C@@H]1C[C@H](C)C[NH+](C2CC[NH+](Cc3ccccc3Br)CC2)C1. The monoisotopic (exact) mass is 366 g/mol. The number of quaternary nitrogens is 2. The molecule has 0 aromatic heterocycles. The lowest BCUT2D eigenvalue weighted by molar-refractivity contribution is -0.969. The molecule has 2 aliphatic rings. The predicted octanol–water partition coefficient (Wildman–Crippen LogP) is 1.56. The molecule has 1 aromatic carbocycles. The molecule has 3 heteroatoms. The molecule has 0 saturated carbocycles. The maximum atomic E-state index is 3.69. The zero-order chi connectivity index (χ0) is 15.5. The molecule has 0 amide bonds. The summed E-state index contributed by atoms with van der Waals surface area (Å²) in [5, 5.41) is 0. The Labute approximate surface area is 144 Å². The van der Waals surface area contributed by atoms with E-state index in [-0.39, 0.29) is 0 Å². The van der Waals surface area contributed by atoms with Gasteiger partial charge in [-0.2, -0.15) is 0 Å². The van der Waals surface area contributed by atoms with Gasteiger partial charge in [0.25, 0.3) is 0 Å². The molecular formula is C19H31BrN2+2. The molecule has 2 aliphatic heterocycles. The van der Waals surface area contributed by atoms with Gasteiger partial charge in [0.2, 0.25) is 0 Å². The molecular weight excluding hydrogens is 336 g/mol. The van der Waals surface area contributed by atoms with Crippen LogP contribution in [0.15, 0.2) is 28.7 Å². The predicted molar refractivity (Wildman–Crippen MR) is 95.2 cm³/mol. The molecule has 22 heavy (non-hydrogen) atoms. The normalized spacial score (nSPS) is 36.2. The molecule has 3 atom stereocenters. The summed E-state index contributed by atoms with van der Waals surface area (Å²) in [5.74, 6) is 1.84. The Morgan fingerprint density at radius 1 is 1.05 bits per heavy atom. The molecule has 3 rings (SSSR count). The zero-order valence-corrected chi connectivity index (χ0v) is 15.7. The number of rotatable bonds is 3. The molecule has 2 nitrogen and oxygen atoms in total. The van der Waals surface area contributed by atoms with Crippen molar-refractivity contribution in [2.24, 2.45) is 11.8 Å². The van der Waals surface area contributed by atoms with Crippen LogP contribution in [0.5, 0.6) is 0 Å². The van der Waals surface area contributed by atoms with E-state index in [0.717, 1.165) is 17.9 Å². The van der Waals surface area contributed by atoms with Gasteiger partial charge in [0.1, 0.15) is 6.54 Å². The van der Waals surface area contributed by atoms with Gasteiger partial charge < -0.3 is 9.80 Å². The van der Waals surface area contributed by atoms with Crippen molar-refractivity contribution in [3.63, 3.8) is 0 Å². The Kier molecular flexibility index (Phi) is 5.59. The minimum atomic E-state index is 0.921. The molecule has 2 fully saturated rings. The Balaban J connectivity index is 1.51. The van der Waals surface area contributed by atoms with Gasteiger partial charge in [-0.15, -0.1) is 0 Å². The maximum absolute atomic E-state index is 3.69. The van der Waals surface area contributed by atoms with Crippen LogP contribution in [0.2, 0.25) is 0 Å². The minimum absolute atomic E-state index is 0.921. The molecule has 2 saturated heterocycles. The third-order valence-electron chi connectivity index (χ3n) is 5.69. The topological polar surface area (TPSA) is 8.88 Å². The van der Waals surface area contributed by atoms with Crippen molar-refractivity contribution in [3.05, 3.63) is 34.3 Å². The lowest BCUT2D eigenvalue weighted by Gasteiger charge is -2.39. The van der Waals surface area contributed by atoms with Crippen molar-refractivity contribution in [1.82, 2.24) is 0 Å². The van der Waals surface area contributed by atoms with E-state index in [1.807, 2.05) is 4.90 Å². The van der Waals surface area contributed by atoms with Crippen LogP contribution in [0.4, 0.5) is 0 Å². The Morgan fingerprint density at radius 2 is 1.68 bits per heavy atom. The highest BCUT2D eigenvalue weighted by Gasteiger charge is 2.34. The molecule has 2 heterocycles. The highest BCUT2D eigenvalue weighted by Crippen LogP contribution is 2.15. The molecule has 1 aromatic rings. The van der Waals surface area contributed by atoms with Crippen LogP contribution in [0, 0.1) is 11.8 Å². The summed E-state index contributed by atoms with van der Waals surface area (Å²) in [7, 11) is 0. The van der Waals surface area contributed by atoms with Gasteiger partial charge in [-0.25, -0.2) is 0 Å². The van der Waals surface area contributed by atoms with Gasteiger partial charge in [-0.1, -0.05) is 48.0 Å². The van der Waals surface area contributed by atoms with Gasteiger partial charge in [-0.3, -0.25) is 0 Å². The Bertz CT molecular complexity index is 472. The molecule has 1 unspecified atom stereocenters. The second kappa shape index (κ2) is 7.46. The standard InChI is InChI=1S/C19H29BrN2/c1-15-11-16(2)13-22(12-15)18-7-9-21(10-8-18)14-17-5-3-4-6-19(17)20/h3-6,15-16,18H,7-14H2,1-2H3/p+2/t15-,16+. The van der Waals surface area contributed by atoms with Crippen molar-refractivity contribution in [2.45, 2.75) is 45.7 Å². The zero-order valence-electron chi connectivity index (χ0n) is 14.1. The summed E-state index contributed by atoms with van der Waals surface area (Å²) in [6, 6.07) is 9.63. The summed E-state index contributed by atoms with van der Waals surface area (Å²) in [5.41, 5.74) is 1.46. The van der Waals surface area contributed by atoms with E-state index in [1.54, 1.807) is 4.90 Å². The highest BCUT2D eigenvalue weighted by atomic mass is 79.9. The second-order valence-electron chi connectivity index (χ2n) is 7.81. The van der Waals surface area contributed by atoms with E-state index in [4.69, 9.17) is 0 Å². The first kappa shape index (κ1) is 16.5. The fourth-order valence-corrected chi connectivity index (χ4v) is 5.11. The Morgan fingerprint density at radius 3 is 2.32 bits per heavy atom. The average molecular weight is 367 g/mol. The summed E-state index contributed by atoms with van der Waals surface area (Å²) < 4.78 is 1.27. The van der Waals surface area contributed by atoms with Crippen LogP contribution in [-0.4, -0.2) is 32.2 Å². The van der Waals surface area contributed by atoms with Crippen molar-refractivity contribution in [3.8, 4) is 0 Å². The fraction of sp³-hybridized carbons (Fsp3) is 0.684. The smallest absolute Gasteiger partial charge is 0.104 e. The number of halogens is 1. The van der Waals surface area contributed by atoms with Crippen LogP contribution >= 0.6 is 15.9 Å². The van der Waals surface area contributed by atoms with E-state index < -0.39 is 0 Å². The van der Waals surface area contributed by atoms with Gasteiger partial charge in [0.15, 0.2) is 0 Å². The molecule has 0 radical (unpaired) electrons. The van der Waals surface area contributed by atoms with Gasteiger partial charge in [-0.05, 0) is 12.5 Å². The van der Waals surface area contributed by atoms with Crippen molar-refractivity contribution in [2.75, 3.05) is 26.2 Å². The van der Waals surface area contributed by atoms with Gasteiger partial charge in [0.05, 0.1) is 32.2 Å². The van der Waals surface area contributed by atoms with Crippen molar-refractivity contribution >= 4 is 15.9 Å². The number of benzene rings is 1. The summed E-state index contributed by atoms with van der Waals surface area (Å²) in [6.07, 6.45) is 4.26. The third-order valence-corrected chi connectivity index (χ3v) is 6.47. The minimum Gasteiger partial charge on any atom is -0.332 e. The van der Waals surface area contributed by atoms with E-state index in [1.165, 1.54) is 62.0 Å². The van der Waals surface area contributed by atoms with Crippen LogP contribution in [0.1, 0.15) is 38.7 Å². The molecule has 0 bridgehead atoms. The largest absolute Gasteiger partial charge is 0.332 e. The molecule has 0 aliphatic carbocycles. The fourth-order valence-electron chi connectivity index (χ4n) is 4.69. The van der Waals surface area contributed by atoms with E-state index in [0.29, 0.717) is 0 Å². The first-order valence-corrected chi connectivity index (χ1v) is 9.82. The van der Waals surface area contributed by atoms with Crippen LogP contribution < -0.4 is 9.80 Å². The maximum Gasteiger partial charge on any atom is 0.104 e. The summed E-state index contributed by atoms with van der Waals surface area (Å²) in [6.45, 7) is 11.6. The Hall–Kier alpha value is -0.380. The van der Waals surface area contributed by atoms with E-state index in [9.17, 15) is 0 Å². The van der Waals surface area contributed by atoms with Crippen LogP contribution in [0.3, 0.4) is 0 Å². The van der Waals surface area contributed by atoms with Crippen LogP contribution in [-0.2, 0) is 6.54 Å². The number of hydrogen-bond donors (Lipinski definition) is 2. The summed E-state index contributed by atoms with van der Waals surface area (Å²) >= 11 is 3.69. The number of hydrogen-bond acceptors (Lipinski definition) is 0. The number of likely N-dealkylation sites (tertiary alicyclic amines) is 2. The number of nitrogens with one attached hydrogen (secondary N) is 2. The van der Waals surface area contributed by atoms with Crippen LogP contribution in [0.25, 0.3) is 0 Å². The molecule has 0 spiro atoms. The quantitative estimate of drug-likeness (QED) is 0.803. The molecule has 122 valence electrons. The second-order valence-corrected chi connectivity index (χ2v) is 8.66. The van der Waals surface area contributed by atoms with Crippen molar-refractivity contribution in [1.29, 1.82) is 0 Å². The lowest BCUT2D eigenvalue weighted by Crippen LogP contribution is -3.21. The first-order valence-electron chi connectivity index (χ1n) is 9.03. The summed E-state index contributed by atoms with van der Waals surface area (Å²) in [4.78, 5) is 3.67. The van der Waals surface area contributed by atoms with E-state index in [2.05, 4.69) is 54.0 Å². The van der Waals surface area contributed by atoms with E-state index >= 15 is 0 Å². The average Bonchev–Trinajstić information content (AvgIpc) is 2.49. The van der Waals surface area contributed by atoms with Gasteiger partial charge >= 0.3 is 0 Å². The number of piperidine rings is 2. The van der Waals surface area contributed by atoms with Crippen molar-refractivity contribution < 1.29 is 9.80 Å². The third kappa shape index (κ3) is 4.12. The van der Waals surface area contributed by atoms with Gasteiger partial charge in [0, 0.05) is 34.7 Å². The lowest BCUT2D eigenvalue weighted by atomic mass is 9.89. The molecule has 2 N–H and O–H groups in total. The highest BCUT2D eigenvalue weighted by molar-refractivity contribution is 9.10. The first-order chi connectivity index (χ1) is 10.6.